The number of nitrogens with zero attached hydrogens (tertiary/aromatic N) is 1. The zero-order valence-electron chi connectivity index (χ0n) is 15.5. The van der Waals surface area contributed by atoms with Crippen LogP contribution in [-0.4, -0.2) is 37.3 Å². The molecule has 1 aromatic rings. The maximum absolute atomic E-state index is 10.2. The normalized spacial score (nSPS) is 13.7. The summed E-state index contributed by atoms with van der Waals surface area (Å²) < 4.78 is 0. The van der Waals surface area contributed by atoms with Crippen molar-refractivity contribution in [3.05, 3.63) is 43.0 Å². The van der Waals surface area contributed by atoms with Gasteiger partial charge in [0.1, 0.15) is 0 Å². The molecule has 0 aliphatic carbocycles. The number of hydrogen-bond donors (Lipinski definition) is 2. The lowest BCUT2D eigenvalue weighted by atomic mass is 10.1. The van der Waals surface area contributed by atoms with E-state index in [1.807, 2.05) is 6.08 Å². The van der Waals surface area contributed by atoms with E-state index >= 15 is 0 Å². The van der Waals surface area contributed by atoms with E-state index in [0.29, 0.717) is 6.42 Å². The largest absolute Gasteiger partial charge is 0.481 e. The third kappa shape index (κ3) is 11.4. The minimum atomic E-state index is -0.674. The molecule has 1 aliphatic rings. The van der Waals surface area contributed by atoms with Gasteiger partial charge < -0.3 is 15.3 Å². The van der Waals surface area contributed by atoms with E-state index in [1.165, 1.54) is 31.4 Å². The number of rotatable bonds is 10. The van der Waals surface area contributed by atoms with Crippen LogP contribution in [0.25, 0.3) is 0 Å². The molecule has 1 saturated heterocycles. The summed E-state index contributed by atoms with van der Waals surface area (Å²) in [6.07, 6.45) is 10.1. The molecule has 2 rings (SSSR count). The molecule has 0 spiro atoms. The molecule has 140 valence electrons. The number of benzene rings is 1. The molecular weight excluding hydrogens is 312 g/mol. The molecule has 0 unspecified atom stereocenters. The SMILES string of the molecule is C=CCCCCCCCCC(=O)O.c1ccc(N2CCNCC2)cc1. The maximum atomic E-state index is 10.2. The van der Waals surface area contributed by atoms with E-state index in [-0.39, 0.29) is 0 Å². The Kier molecular flexibility index (Phi) is 12.3. The standard InChI is InChI=1S/C11H20O2.C10H14N2/c1-2-3-4-5-6-7-8-9-10-11(12)13;1-2-4-10(5-3-1)12-8-6-11-7-9-12/h2H,1,3-10H2,(H,12,13);1-5,11H,6-9H2. The van der Waals surface area contributed by atoms with Gasteiger partial charge in [0.15, 0.2) is 0 Å². The number of carboxylic acid groups (broad SMARTS) is 1. The summed E-state index contributed by atoms with van der Waals surface area (Å²) >= 11 is 0. The molecule has 1 aliphatic heterocycles. The van der Waals surface area contributed by atoms with Crippen LogP contribution >= 0.6 is 0 Å². The highest BCUT2D eigenvalue weighted by atomic mass is 16.4. The summed E-state index contributed by atoms with van der Waals surface area (Å²) in [7, 11) is 0. The highest BCUT2D eigenvalue weighted by molar-refractivity contribution is 5.66. The average molecular weight is 347 g/mol. The van der Waals surface area contributed by atoms with Crippen molar-refractivity contribution in [2.45, 2.75) is 51.4 Å². The van der Waals surface area contributed by atoms with E-state index in [9.17, 15) is 4.79 Å². The molecule has 1 fully saturated rings. The van der Waals surface area contributed by atoms with Gasteiger partial charge in [-0.05, 0) is 31.4 Å². The van der Waals surface area contributed by atoms with Gasteiger partial charge in [-0.25, -0.2) is 0 Å². The summed E-state index contributed by atoms with van der Waals surface area (Å²) in [6.45, 7) is 8.13. The van der Waals surface area contributed by atoms with Crippen molar-refractivity contribution < 1.29 is 9.90 Å². The minimum absolute atomic E-state index is 0.326. The van der Waals surface area contributed by atoms with Gasteiger partial charge in [-0.3, -0.25) is 4.79 Å². The molecule has 0 saturated carbocycles. The third-order valence-electron chi connectivity index (χ3n) is 4.29. The number of unbranched alkanes of at least 4 members (excludes halogenated alkanes) is 6. The Morgan fingerprint density at radius 2 is 1.64 bits per heavy atom. The van der Waals surface area contributed by atoms with Gasteiger partial charge in [0.2, 0.25) is 0 Å². The van der Waals surface area contributed by atoms with Crippen LogP contribution in [0.2, 0.25) is 0 Å². The maximum Gasteiger partial charge on any atom is 0.303 e. The molecule has 25 heavy (non-hydrogen) atoms. The Hall–Kier alpha value is -1.81. The number of carboxylic acids is 1. The Bertz CT molecular complexity index is 456. The number of aliphatic carboxylic acids is 1. The lowest BCUT2D eigenvalue weighted by Crippen LogP contribution is -2.43. The number of piperazine rings is 1. The van der Waals surface area contributed by atoms with Crippen molar-refractivity contribution in [1.29, 1.82) is 0 Å². The number of nitrogens with one attached hydrogen (secondary N) is 1. The highest BCUT2D eigenvalue weighted by Gasteiger charge is 2.08. The topological polar surface area (TPSA) is 52.6 Å². The van der Waals surface area contributed by atoms with E-state index in [2.05, 4.69) is 47.1 Å². The average Bonchev–Trinajstić information content (AvgIpc) is 2.66. The molecule has 4 heteroatoms. The summed E-state index contributed by atoms with van der Waals surface area (Å²) in [5.41, 5.74) is 1.35. The lowest BCUT2D eigenvalue weighted by Gasteiger charge is -2.29. The zero-order chi connectivity index (χ0) is 18.2. The molecule has 2 N–H and O–H groups in total. The van der Waals surface area contributed by atoms with Crippen molar-refractivity contribution >= 4 is 11.7 Å². The Labute approximate surface area is 152 Å². The van der Waals surface area contributed by atoms with Crippen LogP contribution in [-0.2, 0) is 4.79 Å². The highest BCUT2D eigenvalue weighted by Crippen LogP contribution is 2.12. The first-order valence-electron chi connectivity index (χ1n) is 9.57. The van der Waals surface area contributed by atoms with Crippen molar-refractivity contribution in [2.24, 2.45) is 0 Å². The van der Waals surface area contributed by atoms with Crippen molar-refractivity contribution in [2.75, 3.05) is 31.1 Å². The van der Waals surface area contributed by atoms with Crippen LogP contribution in [0.3, 0.4) is 0 Å². The second-order valence-corrected chi connectivity index (χ2v) is 6.42. The van der Waals surface area contributed by atoms with Gasteiger partial charge in [-0.1, -0.05) is 50.0 Å². The molecular formula is C21H34N2O2. The first-order chi connectivity index (χ1) is 12.2. The smallest absolute Gasteiger partial charge is 0.303 e. The summed E-state index contributed by atoms with van der Waals surface area (Å²) in [5.74, 6) is -0.674. The van der Waals surface area contributed by atoms with Gasteiger partial charge in [-0.2, -0.15) is 0 Å². The Morgan fingerprint density at radius 3 is 2.24 bits per heavy atom. The van der Waals surface area contributed by atoms with Crippen molar-refractivity contribution in [3.8, 4) is 0 Å². The second-order valence-electron chi connectivity index (χ2n) is 6.42. The minimum Gasteiger partial charge on any atom is -0.481 e. The first-order valence-corrected chi connectivity index (χ1v) is 9.57. The Morgan fingerprint density at radius 1 is 1.04 bits per heavy atom. The van der Waals surface area contributed by atoms with E-state index in [1.54, 1.807) is 0 Å². The van der Waals surface area contributed by atoms with E-state index in [4.69, 9.17) is 5.11 Å². The number of hydrogen-bond acceptors (Lipinski definition) is 3. The molecule has 0 atom stereocenters. The predicted molar refractivity (Wildman–Crippen MR) is 106 cm³/mol. The van der Waals surface area contributed by atoms with Gasteiger partial charge in [-0.15, -0.1) is 6.58 Å². The van der Waals surface area contributed by atoms with Crippen molar-refractivity contribution in [1.82, 2.24) is 5.32 Å². The summed E-state index contributed by atoms with van der Waals surface area (Å²) in [6, 6.07) is 10.6. The second kappa shape index (κ2) is 14.5. The summed E-state index contributed by atoms with van der Waals surface area (Å²) in [5, 5.41) is 11.7. The van der Waals surface area contributed by atoms with Gasteiger partial charge in [0.25, 0.3) is 0 Å². The zero-order valence-corrected chi connectivity index (χ0v) is 15.5. The van der Waals surface area contributed by atoms with Crippen LogP contribution in [0, 0.1) is 0 Å². The number of para-hydroxylation sites is 1. The van der Waals surface area contributed by atoms with Gasteiger partial charge in [0, 0.05) is 38.3 Å². The monoisotopic (exact) mass is 346 g/mol. The number of carbonyl (C=O) groups is 1. The molecule has 0 bridgehead atoms. The van der Waals surface area contributed by atoms with Gasteiger partial charge in [0.05, 0.1) is 0 Å². The van der Waals surface area contributed by atoms with Crippen LogP contribution in [0.5, 0.6) is 0 Å². The van der Waals surface area contributed by atoms with Crippen LogP contribution in [0.15, 0.2) is 43.0 Å². The molecule has 1 aromatic carbocycles. The first kappa shape index (κ1) is 21.2. The quantitative estimate of drug-likeness (QED) is 0.485. The van der Waals surface area contributed by atoms with Gasteiger partial charge >= 0.3 is 5.97 Å². The molecule has 0 amide bonds. The third-order valence-corrected chi connectivity index (χ3v) is 4.29. The van der Waals surface area contributed by atoms with E-state index < -0.39 is 5.97 Å². The fraction of sp³-hybridized carbons (Fsp3) is 0.571. The number of anilines is 1. The Balaban J connectivity index is 0.000000250. The summed E-state index contributed by atoms with van der Waals surface area (Å²) in [4.78, 5) is 12.6. The fourth-order valence-corrected chi connectivity index (χ4v) is 2.83. The lowest BCUT2D eigenvalue weighted by molar-refractivity contribution is -0.137. The molecule has 4 nitrogen and oxygen atoms in total. The molecule has 0 aromatic heterocycles. The van der Waals surface area contributed by atoms with Crippen LogP contribution in [0.4, 0.5) is 5.69 Å². The fourth-order valence-electron chi connectivity index (χ4n) is 2.83. The molecule has 1 heterocycles. The molecule has 0 radical (unpaired) electrons. The predicted octanol–water partition coefficient (Wildman–Crippen LogP) is 4.47. The van der Waals surface area contributed by atoms with Crippen LogP contribution < -0.4 is 10.2 Å². The van der Waals surface area contributed by atoms with Crippen LogP contribution in [0.1, 0.15) is 51.4 Å². The number of allylic oxidation sites excluding steroid dienone is 1. The van der Waals surface area contributed by atoms with Crippen molar-refractivity contribution in [3.63, 3.8) is 0 Å². The van der Waals surface area contributed by atoms with E-state index in [0.717, 1.165) is 45.4 Å².